The van der Waals surface area contributed by atoms with E-state index < -0.39 is 0 Å². The van der Waals surface area contributed by atoms with Crippen LogP contribution < -0.4 is 5.32 Å². The number of nitrogens with zero attached hydrogens (tertiary/aromatic N) is 1. The number of hydrogen-bond donors (Lipinski definition) is 1. The Hall–Kier alpha value is -3.92. The summed E-state index contributed by atoms with van der Waals surface area (Å²) >= 11 is 0. The zero-order valence-corrected chi connectivity index (χ0v) is 15.1. The van der Waals surface area contributed by atoms with Crippen LogP contribution in [0.3, 0.4) is 0 Å². The van der Waals surface area contributed by atoms with Gasteiger partial charge in [0.2, 0.25) is 0 Å². The summed E-state index contributed by atoms with van der Waals surface area (Å²) in [6.45, 7) is 0. The van der Waals surface area contributed by atoms with Crippen LogP contribution in [0.5, 0.6) is 0 Å². The van der Waals surface area contributed by atoms with Crippen molar-refractivity contribution in [2.75, 3.05) is 5.32 Å². The van der Waals surface area contributed by atoms with Crippen LogP contribution in [0, 0.1) is 10.1 Å². The minimum Gasteiger partial charge on any atom is -0.350 e. The molecule has 0 bridgehead atoms. The molecule has 4 aromatic rings. The second-order valence-corrected chi connectivity index (χ2v) is 6.43. The van der Waals surface area contributed by atoms with E-state index in [9.17, 15) is 10.1 Å². The normalized spacial score (nSPS) is 11.0. The van der Waals surface area contributed by atoms with Crippen molar-refractivity contribution in [3.05, 3.63) is 112 Å². The fraction of sp³-hybridized carbons (Fsp3) is 0. The Bertz CT molecular complexity index is 1150. The third-order valence-corrected chi connectivity index (χ3v) is 4.54. The van der Waals surface area contributed by atoms with Crippen LogP contribution in [0.4, 0.5) is 17.1 Å². The van der Waals surface area contributed by atoms with Crippen LogP contribution >= 0.6 is 0 Å². The van der Waals surface area contributed by atoms with Gasteiger partial charge in [0.15, 0.2) is 0 Å². The van der Waals surface area contributed by atoms with Crippen molar-refractivity contribution in [3.63, 3.8) is 0 Å². The van der Waals surface area contributed by atoms with Crippen molar-refractivity contribution in [1.29, 1.82) is 0 Å². The molecule has 0 saturated heterocycles. The summed E-state index contributed by atoms with van der Waals surface area (Å²) in [4.78, 5) is 11.3. The van der Waals surface area contributed by atoms with E-state index in [2.05, 4.69) is 11.4 Å². The summed E-state index contributed by atoms with van der Waals surface area (Å²) in [6.07, 6.45) is 4.09. The van der Waals surface area contributed by atoms with E-state index in [4.69, 9.17) is 0 Å². The van der Waals surface area contributed by atoms with E-state index in [1.165, 1.54) is 0 Å². The number of nitrogens with one attached hydrogen (secondary N) is 1. The predicted molar refractivity (Wildman–Crippen MR) is 116 cm³/mol. The zero-order valence-electron chi connectivity index (χ0n) is 15.1. The molecular weight excluding hydrogens is 348 g/mol. The van der Waals surface area contributed by atoms with Gasteiger partial charge >= 0.3 is 0 Å². The Balaban J connectivity index is 1.59. The van der Waals surface area contributed by atoms with Crippen LogP contribution in [0.15, 0.2) is 91.0 Å². The minimum atomic E-state index is -0.332. The molecule has 0 aliphatic rings. The SMILES string of the molecule is O=[N+]([O-])c1c(Nc2ccc(C=Cc3ccccc3)cc2)ccc2ccccc12. The highest BCUT2D eigenvalue weighted by atomic mass is 16.6. The molecule has 0 aliphatic carbocycles. The van der Waals surface area contributed by atoms with Crippen molar-refractivity contribution in [2.24, 2.45) is 0 Å². The summed E-state index contributed by atoms with van der Waals surface area (Å²) in [5.74, 6) is 0. The highest BCUT2D eigenvalue weighted by Gasteiger charge is 2.18. The first-order valence-corrected chi connectivity index (χ1v) is 8.97. The molecule has 0 spiro atoms. The summed E-state index contributed by atoms with van der Waals surface area (Å²) in [7, 11) is 0. The minimum absolute atomic E-state index is 0.0890. The summed E-state index contributed by atoms with van der Waals surface area (Å²) in [5, 5.41) is 16.3. The molecule has 0 unspecified atom stereocenters. The average Bonchev–Trinajstić information content (AvgIpc) is 2.73. The van der Waals surface area contributed by atoms with Gasteiger partial charge in [0.25, 0.3) is 5.69 Å². The van der Waals surface area contributed by atoms with E-state index in [-0.39, 0.29) is 10.6 Å². The molecule has 0 aliphatic heterocycles. The summed E-state index contributed by atoms with van der Waals surface area (Å²) in [6, 6.07) is 28.9. The van der Waals surface area contributed by atoms with Crippen LogP contribution in [0.25, 0.3) is 22.9 Å². The van der Waals surface area contributed by atoms with E-state index >= 15 is 0 Å². The van der Waals surface area contributed by atoms with Gasteiger partial charge in [0.1, 0.15) is 5.69 Å². The fourth-order valence-electron chi connectivity index (χ4n) is 3.14. The summed E-state index contributed by atoms with van der Waals surface area (Å²) < 4.78 is 0. The van der Waals surface area contributed by atoms with E-state index in [0.717, 1.165) is 22.2 Å². The maximum Gasteiger partial charge on any atom is 0.300 e. The van der Waals surface area contributed by atoms with Gasteiger partial charge < -0.3 is 5.32 Å². The molecule has 0 saturated carbocycles. The van der Waals surface area contributed by atoms with Crippen LogP contribution in [0.1, 0.15) is 11.1 Å². The lowest BCUT2D eigenvalue weighted by Gasteiger charge is -2.09. The highest BCUT2D eigenvalue weighted by Crippen LogP contribution is 2.35. The number of nitro benzene ring substituents is 1. The van der Waals surface area contributed by atoms with Crippen molar-refractivity contribution in [3.8, 4) is 0 Å². The molecule has 4 heteroatoms. The second-order valence-electron chi connectivity index (χ2n) is 6.43. The maximum absolute atomic E-state index is 11.7. The molecule has 28 heavy (non-hydrogen) atoms. The van der Waals surface area contributed by atoms with Crippen molar-refractivity contribution in [1.82, 2.24) is 0 Å². The first-order chi connectivity index (χ1) is 13.7. The lowest BCUT2D eigenvalue weighted by atomic mass is 10.1. The average molecular weight is 366 g/mol. The molecule has 136 valence electrons. The number of benzene rings is 4. The Labute approximate surface area is 162 Å². The highest BCUT2D eigenvalue weighted by molar-refractivity contribution is 5.97. The summed E-state index contributed by atoms with van der Waals surface area (Å²) in [5.41, 5.74) is 3.57. The molecule has 0 aromatic heterocycles. The van der Waals surface area contributed by atoms with Gasteiger partial charge in [-0.15, -0.1) is 0 Å². The molecular formula is C24H18N2O2. The molecule has 0 radical (unpaired) electrons. The fourth-order valence-corrected chi connectivity index (χ4v) is 3.14. The number of rotatable bonds is 5. The lowest BCUT2D eigenvalue weighted by molar-refractivity contribution is -0.382. The van der Waals surface area contributed by atoms with Gasteiger partial charge in [-0.3, -0.25) is 10.1 Å². The monoisotopic (exact) mass is 366 g/mol. The second kappa shape index (κ2) is 7.76. The van der Waals surface area contributed by atoms with Crippen LogP contribution in [-0.4, -0.2) is 4.92 Å². The van der Waals surface area contributed by atoms with Crippen molar-refractivity contribution < 1.29 is 4.92 Å². The predicted octanol–water partition coefficient (Wildman–Crippen LogP) is 6.66. The molecule has 4 rings (SSSR count). The maximum atomic E-state index is 11.7. The first-order valence-electron chi connectivity index (χ1n) is 8.97. The first kappa shape index (κ1) is 17.5. The van der Waals surface area contributed by atoms with E-state index in [1.54, 1.807) is 12.1 Å². The molecule has 0 fully saturated rings. The quantitative estimate of drug-likeness (QED) is 0.244. The van der Waals surface area contributed by atoms with Gasteiger partial charge in [0.05, 0.1) is 10.3 Å². The van der Waals surface area contributed by atoms with Gasteiger partial charge in [-0.2, -0.15) is 0 Å². The smallest absolute Gasteiger partial charge is 0.300 e. The van der Waals surface area contributed by atoms with Gasteiger partial charge in [-0.05, 0) is 40.8 Å². The Kier molecular flexibility index (Phi) is 4.85. The largest absolute Gasteiger partial charge is 0.350 e. The molecule has 1 N–H and O–H groups in total. The number of anilines is 2. The molecule has 4 aromatic carbocycles. The molecule has 0 atom stereocenters. The van der Waals surface area contributed by atoms with E-state index in [1.807, 2.05) is 84.9 Å². The number of nitro groups is 1. The van der Waals surface area contributed by atoms with Gasteiger partial charge in [-0.1, -0.05) is 78.9 Å². The van der Waals surface area contributed by atoms with Crippen LogP contribution in [-0.2, 0) is 0 Å². The Morgan fingerprint density at radius 3 is 2.07 bits per heavy atom. The third-order valence-electron chi connectivity index (χ3n) is 4.54. The van der Waals surface area contributed by atoms with Crippen molar-refractivity contribution >= 4 is 40.0 Å². The van der Waals surface area contributed by atoms with Crippen molar-refractivity contribution in [2.45, 2.75) is 0 Å². The Morgan fingerprint density at radius 1 is 0.714 bits per heavy atom. The lowest BCUT2D eigenvalue weighted by Crippen LogP contribution is -1.98. The van der Waals surface area contributed by atoms with Gasteiger partial charge in [-0.25, -0.2) is 0 Å². The molecule has 0 amide bonds. The van der Waals surface area contributed by atoms with E-state index in [0.29, 0.717) is 11.1 Å². The molecule has 4 nitrogen and oxygen atoms in total. The van der Waals surface area contributed by atoms with Gasteiger partial charge in [0, 0.05) is 5.69 Å². The molecule has 0 heterocycles. The topological polar surface area (TPSA) is 55.2 Å². The van der Waals surface area contributed by atoms with Crippen LogP contribution in [0.2, 0.25) is 0 Å². The Morgan fingerprint density at radius 2 is 1.36 bits per heavy atom. The standard InChI is InChI=1S/C24H18N2O2/c27-26(28)24-22-9-5-4-8-20(22)14-17-23(24)25-21-15-12-19(13-16-21)11-10-18-6-2-1-3-7-18/h1-17,25H. The number of hydrogen-bond acceptors (Lipinski definition) is 3. The third kappa shape index (κ3) is 3.76. The zero-order chi connectivity index (χ0) is 19.3. The number of fused-ring (bicyclic) bond motifs is 1.